The summed E-state index contributed by atoms with van der Waals surface area (Å²) in [7, 11) is -1.59. The molecule has 0 unspecified atom stereocenters. The highest BCUT2D eigenvalue weighted by atomic mass is 35.5. The van der Waals surface area contributed by atoms with Crippen LogP contribution in [-0.4, -0.2) is 47.5 Å². The highest BCUT2D eigenvalue weighted by Crippen LogP contribution is 2.28. The van der Waals surface area contributed by atoms with E-state index in [-0.39, 0.29) is 22.1 Å². The number of hydrazone groups is 1. The molecule has 0 saturated heterocycles. The van der Waals surface area contributed by atoms with E-state index in [9.17, 15) is 18.0 Å². The minimum Gasteiger partial charge on any atom is -0.493 e. The average molecular weight is 566 g/mol. The molecule has 0 saturated carbocycles. The van der Waals surface area contributed by atoms with Crippen molar-refractivity contribution in [1.82, 2.24) is 5.43 Å². The number of sulfonamides is 1. The van der Waals surface area contributed by atoms with Gasteiger partial charge in [-0.25, -0.2) is 18.6 Å². The largest absolute Gasteiger partial charge is 0.513 e. The molecule has 37 heavy (non-hydrogen) atoms. The first-order chi connectivity index (χ1) is 17.6. The van der Waals surface area contributed by atoms with E-state index in [1.807, 2.05) is 0 Å². The second kappa shape index (κ2) is 12.4. The smallest absolute Gasteiger partial charge is 0.493 e. The zero-order valence-corrected chi connectivity index (χ0v) is 21.9. The van der Waals surface area contributed by atoms with Gasteiger partial charge >= 0.3 is 6.16 Å². The molecule has 0 radical (unpaired) electrons. The number of benzene rings is 3. The molecule has 0 bridgehead atoms. The van der Waals surface area contributed by atoms with Crippen LogP contribution in [0, 0.1) is 0 Å². The lowest BCUT2D eigenvalue weighted by Crippen LogP contribution is -2.39. The van der Waals surface area contributed by atoms with Gasteiger partial charge in [0.25, 0.3) is 15.9 Å². The van der Waals surface area contributed by atoms with Gasteiger partial charge in [-0.1, -0.05) is 29.3 Å². The molecule has 194 valence electrons. The molecule has 3 aromatic rings. The SMILES string of the molecule is COC(=O)Oc1ccc(/C=N\NC(=O)CN(c2cccc(Cl)c2)S(=O)(=O)c2ccc(Cl)cc2)cc1OC. The first kappa shape index (κ1) is 27.8. The number of hydrogen-bond acceptors (Lipinski definition) is 8. The van der Waals surface area contributed by atoms with E-state index < -0.39 is 28.6 Å². The van der Waals surface area contributed by atoms with E-state index in [0.717, 1.165) is 4.31 Å². The molecule has 0 aliphatic rings. The van der Waals surface area contributed by atoms with Crippen LogP contribution in [0.2, 0.25) is 10.0 Å². The number of nitrogens with one attached hydrogen (secondary N) is 1. The van der Waals surface area contributed by atoms with Crippen molar-refractivity contribution in [2.75, 3.05) is 25.1 Å². The topological polar surface area (TPSA) is 124 Å². The van der Waals surface area contributed by atoms with Crippen LogP contribution in [0.4, 0.5) is 10.5 Å². The number of methoxy groups -OCH3 is 2. The second-order valence-corrected chi connectivity index (χ2v) is 9.94. The number of halogens is 2. The van der Waals surface area contributed by atoms with Crippen LogP contribution in [0.1, 0.15) is 5.56 Å². The zero-order chi connectivity index (χ0) is 27.0. The summed E-state index contributed by atoms with van der Waals surface area (Å²) < 4.78 is 42.2. The van der Waals surface area contributed by atoms with Crippen molar-refractivity contribution in [3.05, 3.63) is 82.3 Å². The van der Waals surface area contributed by atoms with Crippen LogP contribution >= 0.6 is 23.2 Å². The van der Waals surface area contributed by atoms with Crippen molar-refractivity contribution in [1.29, 1.82) is 0 Å². The lowest BCUT2D eigenvalue weighted by Gasteiger charge is -2.23. The van der Waals surface area contributed by atoms with Gasteiger partial charge in [-0.3, -0.25) is 9.10 Å². The van der Waals surface area contributed by atoms with Crippen LogP contribution in [-0.2, 0) is 19.6 Å². The van der Waals surface area contributed by atoms with Crippen molar-refractivity contribution in [3.63, 3.8) is 0 Å². The van der Waals surface area contributed by atoms with E-state index in [4.69, 9.17) is 32.7 Å². The molecule has 0 atom stereocenters. The molecule has 0 fully saturated rings. The maximum Gasteiger partial charge on any atom is 0.513 e. The number of rotatable bonds is 9. The molecular weight excluding hydrogens is 545 g/mol. The Bertz CT molecular complexity index is 1410. The van der Waals surface area contributed by atoms with Gasteiger partial charge in [-0.05, 0) is 66.2 Å². The number of carbonyl (C=O) groups is 2. The van der Waals surface area contributed by atoms with E-state index >= 15 is 0 Å². The number of carbonyl (C=O) groups excluding carboxylic acids is 2. The summed E-state index contributed by atoms with van der Waals surface area (Å²) >= 11 is 11.9. The lowest BCUT2D eigenvalue weighted by molar-refractivity contribution is -0.119. The summed E-state index contributed by atoms with van der Waals surface area (Å²) in [6, 6.07) is 16.2. The number of ether oxygens (including phenoxy) is 3. The quantitative estimate of drug-likeness (QED) is 0.175. The Labute approximate surface area is 223 Å². The first-order valence-electron chi connectivity index (χ1n) is 10.4. The van der Waals surface area contributed by atoms with Gasteiger partial charge in [-0.15, -0.1) is 0 Å². The number of hydrogen-bond donors (Lipinski definition) is 1. The molecule has 0 spiro atoms. The Morgan fingerprint density at radius 1 is 0.973 bits per heavy atom. The summed E-state index contributed by atoms with van der Waals surface area (Å²) in [6.07, 6.45) is 0.393. The van der Waals surface area contributed by atoms with E-state index in [1.165, 1.54) is 69.0 Å². The summed E-state index contributed by atoms with van der Waals surface area (Å²) in [4.78, 5) is 24.0. The zero-order valence-electron chi connectivity index (χ0n) is 19.6. The molecule has 1 amide bonds. The predicted octanol–water partition coefficient (Wildman–Crippen LogP) is 4.49. The Balaban J connectivity index is 1.79. The predicted molar refractivity (Wildman–Crippen MR) is 139 cm³/mol. The summed E-state index contributed by atoms with van der Waals surface area (Å²) in [6.45, 7) is -0.585. The standard InChI is InChI=1S/C24H21Cl2N3O7S/c1-34-22-12-16(6-11-21(22)36-24(31)35-2)14-27-28-23(30)15-29(19-5-3-4-18(26)13-19)37(32,33)20-9-7-17(25)8-10-20/h3-14H,15H2,1-2H3,(H,28,30)/b27-14-. The van der Waals surface area contributed by atoms with E-state index in [0.29, 0.717) is 15.6 Å². The molecule has 0 heterocycles. The fraction of sp³-hybridized carbons (Fsp3) is 0.125. The molecule has 13 heteroatoms. The van der Waals surface area contributed by atoms with Crippen LogP contribution in [0.25, 0.3) is 0 Å². The first-order valence-corrected chi connectivity index (χ1v) is 12.6. The Morgan fingerprint density at radius 2 is 1.70 bits per heavy atom. The highest BCUT2D eigenvalue weighted by Gasteiger charge is 2.27. The molecule has 3 aromatic carbocycles. The van der Waals surface area contributed by atoms with Crippen molar-refractivity contribution in [2.24, 2.45) is 5.10 Å². The molecule has 0 aliphatic heterocycles. The van der Waals surface area contributed by atoms with Gasteiger partial charge in [0.1, 0.15) is 6.54 Å². The van der Waals surface area contributed by atoms with Gasteiger partial charge < -0.3 is 14.2 Å². The van der Waals surface area contributed by atoms with Gasteiger partial charge in [0, 0.05) is 10.0 Å². The Hall–Kier alpha value is -3.80. The minimum absolute atomic E-state index is 0.0606. The number of nitrogens with zero attached hydrogens (tertiary/aromatic N) is 2. The highest BCUT2D eigenvalue weighted by molar-refractivity contribution is 7.92. The lowest BCUT2D eigenvalue weighted by atomic mass is 10.2. The maximum atomic E-state index is 13.3. The van der Waals surface area contributed by atoms with Gasteiger partial charge in [0.15, 0.2) is 11.5 Å². The normalized spacial score (nSPS) is 11.1. The fourth-order valence-corrected chi connectivity index (χ4v) is 4.73. The van der Waals surface area contributed by atoms with Crippen molar-refractivity contribution in [3.8, 4) is 11.5 Å². The van der Waals surface area contributed by atoms with E-state index in [2.05, 4.69) is 15.3 Å². The third kappa shape index (κ3) is 7.35. The maximum absolute atomic E-state index is 13.3. The van der Waals surface area contributed by atoms with Gasteiger partial charge in [-0.2, -0.15) is 5.10 Å². The van der Waals surface area contributed by atoms with Crippen molar-refractivity contribution in [2.45, 2.75) is 4.90 Å². The Kier molecular flexibility index (Phi) is 9.34. The monoisotopic (exact) mass is 565 g/mol. The molecule has 0 aliphatic carbocycles. The third-order valence-corrected chi connectivity index (χ3v) is 7.01. The summed E-state index contributed by atoms with van der Waals surface area (Å²) in [5.74, 6) is -0.367. The van der Waals surface area contributed by atoms with E-state index in [1.54, 1.807) is 18.2 Å². The molecule has 10 nitrogen and oxygen atoms in total. The molecule has 3 rings (SSSR count). The third-order valence-electron chi connectivity index (χ3n) is 4.74. The summed E-state index contributed by atoms with van der Waals surface area (Å²) in [5, 5.41) is 4.53. The molecule has 0 aromatic heterocycles. The van der Waals surface area contributed by atoms with Crippen LogP contribution in [0.15, 0.2) is 76.7 Å². The minimum atomic E-state index is -4.15. The number of amides is 1. The fourth-order valence-electron chi connectivity index (χ4n) is 3.00. The molecule has 1 N–H and O–H groups in total. The average Bonchev–Trinajstić information content (AvgIpc) is 2.88. The van der Waals surface area contributed by atoms with Gasteiger partial charge in [0.05, 0.1) is 31.0 Å². The Morgan fingerprint density at radius 3 is 2.35 bits per heavy atom. The van der Waals surface area contributed by atoms with Crippen molar-refractivity contribution >= 4 is 57.2 Å². The summed E-state index contributed by atoms with van der Waals surface area (Å²) in [5.41, 5.74) is 2.98. The van der Waals surface area contributed by atoms with Crippen LogP contribution in [0.5, 0.6) is 11.5 Å². The van der Waals surface area contributed by atoms with Gasteiger partial charge in [0.2, 0.25) is 0 Å². The molecular formula is C24H21Cl2N3O7S. The second-order valence-electron chi connectivity index (χ2n) is 7.21. The van der Waals surface area contributed by atoms with Crippen LogP contribution < -0.4 is 19.2 Å². The number of anilines is 1. The van der Waals surface area contributed by atoms with Crippen molar-refractivity contribution < 1.29 is 32.2 Å². The van der Waals surface area contributed by atoms with Crippen LogP contribution in [0.3, 0.4) is 0 Å².